The SMILES string of the molecule is Cc1cc(-c2ccc(Cl)cc2)cc(C)c1C1C(=O)CC(CC(=O)NC(C)(C)C#N)C1=O. The summed E-state index contributed by atoms with van der Waals surface area (Å²) in [4.78, 5) is 38.2. The van der Waals surface area contributed by atoms with E-state index in [9.17, 15) is 14.4 Å². The Bertz CT molecular complexity index is 1070. The summed E-state index contributed by atoms with van der Waals surface area (Å²) in [6.07, 6.45) is -0.0468. The fraction of sp³-hybridized carbons (Fsp3) is 0.360. The minimum atomic E-state index is -1.02. The van der Waals surface area contributed by atoms with Crippen LogP contribution in [0, 0.1) is 31.1 Å². The molecule has 2 aromatic carbocycles. The van der Waals surface area contributed by atoms with Gasteiger partial charge in [0.25, 0.3) is 0 Å². The van der Waals surface area contributed by atoms with E-state index in [1.807, 2.05) is 56.3 Å². The Balaban J connectivity index is 1.85. The number of benzene rings is 2. The smallest absolute Gasteiger partial charge is 0.221 e. The largest absolute Gasteiger partial charge is 0.338 e. The maximum atomic E-state index is 13.1. The molecule has 0 spiro atoms. The van der Waals surface area contributed by atoms with Gasteiger partial charge in [-0.3, -0.25) is 14.4 Å². The van der Waals surface area contributed by atoms with Gasteiger partial charge in [0.05, 0.1) is 6.07 Å². The Morgan fingerprint density at radius 3 is 2.26 bits per heavy atom. The monoisotopic (exact) mass is 436 g/mol. The van der Waals surface area contributed by atoms with Crippen molar-refractivity contribution < 1.29 is 14.4 Å². The van der Waals surface area contributed by atoms with Crippen LogP contribution in [-0.4, -0.2) is 23.0 Å². The fourth-order valence-electron chi connectivity index (χ4n) is 4.22. The highest BCUT2D eigenvalue weighted by Gasteiger charge is 2.44. The number of halogens is 1. The van der Waals surface area contributed by atoms with Crippen LogP contribution in [0.3, 0.4) is 0 Å². The van der Waals surface area contributed by atoms with Crippen LogP contribution in [0.2, 0.25) is 5.02 Å². The van der Waals surface area contributed by atoms with Crippen molar-refractivity contribution in [3.05, 3.63) is 58.1 Å². The fourth-order valence-corrected chi connectivity index (χ4v) is 4.35. The third-order valence-electron chi connectivity index (χ3n) is 5.68. The van der Waals surface area contributed by atoms with E-state index in [0.717, 1.165) is 27.8 Å². The predicted octanol–water partition coefficient (Wildman–Crippen LogP) is 4.67. The molecule has 2 atom stereocenters. The maximum absolute atomic E-state index is 13.1. The van der Waals surface area contributed by atoms with Crippen molar-refractivity contribution in [1.82, 2.24) is 5.32 Å². The molecule has 1 aliphatic carbocycles. The second kappa shape index (κ2) is 8.64. The van der Waals surface area contributed by atoms with Crippen molar-refractivity contribution in [3.63, 3.8) is 0 Å². The number of amides is 1. The summed E-state index contributed by atoms with van der Waals surface area (Å²) in [6, 6.07) is 13.4. The van der Waals surface area contributed by atoms with Gasteiger partial charge in [0.2, 0.25) is 5.91 Å². The van der Waals surface area contributed by atoms with E-state index >= 15 is 0 Å². The Morgan fingerprint density at radius 2 is 1.71 bits per heavy atom. The van der Waals surface area contributed by atoms with Crippen LogP contribution >= 0.6 is 11.6 Å². The number of carbonyl (C=O) groups is 3. The summed E-state index contributed by atoms with van der Waals surface area (Å²) in [5, 5.41) is 12.3. The van der Waals surface area contributed by atoms with Gasteiger partial charge in [-0.1, -0.05) is 35.9 Å². The van der Waals surface area contributed by atoms with Crippen molar-refractivity contribution in [2.24, 2.45) is 5.92 Å². The van der Waals surface area contributed by atoms with E-state index in [-0.39, 0.29) is 24.4 Å². The zero-order chi connectivity index (χ0) is 22.9. The summed E-state index contributed by atoms with van der Waals surface area (Å²) >= 11 is 5.98. The molecule has 5 nitrogen and oxygen atoms in total. The molecule has 1 amide bonds. The topological polar surface area (TPSA) is 87.0 Å². The lowest BCUT2D eigenvalue weighted by Gasteiger charge is -2.19. The number of hydrogen-bond acceptors (Lipinski definition) is 4. The van der Waals surface area contributed by atoms with Gasteiger partial charge in [0.15, 0.2) is 5.78 Å². The molecule has 2 unspecified atom stereocenters. The summed E-state index contributed by atoms with van der Waals surface area (Å²) in [6.45, 7) is 6.98. The van der Waals surface area contributed by atoms with Crippen LogP contribution in [0.1, 0.15) is 49.3 Å². The first-order valence-electron chi connectivity index (χ1n) is 10.2. The van der Waals surface area contributed by atoms with E-state index in [1.54, 1.807) is 13.8 Å². The van der Waals surface area contributed by atoms with Crippen molar-refractivity contribution in [2.45, 2.75) is 52.0 Å². The molecule has 1 saturated carbocycles. The van der Waals surface area contributed by atoms with Gasteiger partial charge in [0, 0.05) is 23.8 Å². The Kier molecular flexibility index (Phi) is 6.33. The van der Waals surface area contributed by atoms with Gasteiger partial charge in [-0.2, -0.15) is 5.26 Å². The molecule has 0 saturated heterocycles. The number of Topliss-reactive ketones (excluding diaryl/α,β-unsaturated/α-hetero) is 2. The summed E-state index contributed by atoms with van der Waals surface area (Å²) in [5.41, 5.74) is 3.43. The molecular formula is C25H25ClN2O3. The highest BCUT2D eigenvalue weighted by molar-refractivity contribution is 6.30. The summed E-state index contributed by atoms with van der Waals surface area (Å²) in [7, 11) is 0. The average Bonchev–Trinajstić information content (AvgIpc) is 2.95. The van der Waals surface area contributed by atoms with Gasteiger partial charge in [0.1, 0.15) is 17.2 Å². The first-order chi connectivity index (χ1) is 14.5. The molecule has 1 aliphatic rings. The second-order valence-electron chi connectivity index (χ2n) is 8.72. The normalized spacial score (nSPS) is 18.7. The zero-order valence-electron chi connectivity index (χ0n) is 18.1. The van der Waals surface area contributed by atoms with Gasteiger partial charge in [-0.05, 0) is 67.6 Å². The Labute approximate surface area is 187 Å². The summed E-state index contributed by atoms with van der Waals surface area (Å²) < 4.78 is 0. The van der Waals surface area contributed by atoms with Crippen LogP contribution in [0.4, 0.5) is 0 Å². The minimum absolute atomic E-state index is 0.0434. The molecule has 2 aromatic rings. The zero-order valence-corrected chi connectivity index (χ0v) is 18.8. The van der Waals surface area contributed by atoms with Crippen LogP contribution in [0.25, 0.3) is 11.1 Å². The highest BCUT2D eigenvalue weighted by atomic mass is 35.5. The van der Waals surface area contributed by atoms with Crippen LogP contribution in [0.15, 0.2) is 36.4 Å². The Morgan fingerprint density at radius 1 is 1.13 bits per heavy atom. The summed E-state index contributed by atoms with van der Waals surface area (Å²) in [5.74, 6) is -2.29. The van der Waals surface area contributed by atoms with Gasteiger partial charge >= 0.3 is 0 Å². The lowest BCUT2D eigenvalue weighted by molar-refractivity contribution is -0.129. The molecule has 0 aliphatic heterocycles. The molecule has 160 valence electrons. The molecule has 1 N–H and O–H groups in total. The van der Waals surface area contributed by atoms with E-state index in [2.05, 4.69) is 5.32 Å². The Hall–Kier alpha value is -2.97. The van der Waals surface area contributed by atoms with Gasteiger partial charge in [-0.15, -0.1) is 0 Å². The average molecular weight is 437 g/mol. The van der Waals surface area contributed by atoms with Crippen molar-refractivity contribution in [1.29, 1.82) is 5.26 Å². The van der Waals surface area contributed by atoms with E-state index < -0.39 is 23.3 Å². The molecule has 0 heterocycles. The predicted molar refractivity (Wildman–Crippen MR) is 120 cm³/mol. The molecule has 6 heteroatoms. The molecule has 0 bridgehead atoms. The van der Waals surface area contributed by atoms with E-state index in [1.165, 1.54) is 0 Å². The van der Waals surface area contributed by atoms with Crippen LogP contribution in [0.5, 0.6) is 0 Å². The number of hydrogen-bond donors (Lipinski definition) is 1. The number of carbonyl (C=O) groups excluding carboxylic acids is 3. The molecule has 3 rings (SSSR count). The first kappa shape index (κ1) is 22.7. The quantitative estimate of drug-likeness (QED) is 0.689. The number of ketones is 2. The lowest BCUT2D eigenvalue weighted by Crippen LogP contribution is -2.43. The highest BCUT2D eigenvalue weighted by Crippen LogP contribution is 2.38. The van der Waals surface area contributed by atoms with Gasteiger partial charge < -0.3 is 5.32 Å². The van der Waals surface area contributed by atoms with E-state index in [0.29, 0.717) is 5.02 Å². The number of nitrogens with zero attached hydrogens (tertiary/aromatic N) is 1. The van der Waals surface area contributed by atoms with Crippen molar-refractivity contribution in [3.8, 4) is 17.2 Å². The van der Waals surface area contributed by atoms with Crippen molar-refractivity contribution in [2.75, 3.05) is 0 Å². The minimum Gasteiger partial charge on any atom is -0.338 e. The van der Waals surface area contributed by atoms with Crippen molar-refractivity contribution >= 4 is 29.1 Å². The molecule has 31 heavy (non-hydrogen) atoms. The number of rotatable bonds is 5. The maximum Gasteiger partial charge on any atom is 0.221 e. The molecule has 0 radical (unpaired) electrons. The first-order valence-corrected chi connectivity index (χ1v) is 10.6. The number of aryl methyl sites for hydroxylation is 2. The second-order valence-corrected chi connectivity index (χ2v) is 9.16. The third kappa shape index (κ3) is 4.86. The van der Waals surface area contributed by atoms with Crippen LogP contribution < -0.4 is 5.32 Å². The lowest BCUT2D eigenvalue weighted by atomic mass is 9.85. The van der Waals surface area contributed by atoms with Gasteiger partial charge in [-0.25, -0.2) is 0 Å². The van der Waals surface area contributed by atoms with E-state index in [4.69, 9.17) is 16.9 Å². The molecular weight excluding hydrogens is 412 g/mol. The van der Waals surface area contributed by atoms with Crippen LogP contribution in [-0.2, 0) is 14.4 Å². The molecule has 0 aromatic heterocycles. The standard InChI is InChI=1S/C25H25ClN2O3/c1-14-9-17(16-5-7-19(26)8-6-16)10-15(2)22(14)23-20(29)11-18(24(23)31)12-21(30)28-25(3,4)13-27/h5-10,18,23H,11-12H2,1-4H3,(H,28,30). The molecule has 1 fully saturated rings. The third-order valence-corrected chi connectivity index (χ3v) is 5.93. The number of nitriles is 1. The number of nitrogens with one attached hydrogen (secondary N) is 1.